The number of thioether (sulfide) groups is 1. The van der Waals surface area contributed by atoms with Gasteiger partial charge in [0.2, 0.25) is 5.91 Å². The monoisotopic (exact) mass is 395 g/mol. The van der Waals surface area contributed by atoms with Gasteiger partial charge in [0.05, 0.1) is 18.3 Å². The van der Waals surface area contributed by atoms with Gasteiger partial charge >= 0.3 is 0 Å². The summed E-state index contributed by atoms with van der Waals surface area (Å²) < 4.78 is 0. The molecular formula is C22H25N3O2S. The van der Waals surface area contributed by atoms with Crippen LogP contribution in [0.25, 0.3) is 10.9 Å². The number of rotatable bonds is 7. The van der Waals surface area contributed by atoms with E-state index in [4.69, 9.17) is 0 Å². The highest BCUT2D eigenvalue weighted by molar-refractivity contribution is 7.98. The molecule has 5 nitrogen and oxygen atoms in total. The molecule has 2 aromatic carbocycles. The van der Waals surface area contributed by atoms with Gasteiger partial charge in [-0.3, -0.25) is 14.5 Å². The van der Waals surface area contributed by atoms with Gasteiger partial charge in [0.1, 0.15) is 0 Å². The van der Waals surface area contributed by atoms with Crippen LogP contribution in [-0.2, 0) is 4.79 Å². The third kappa shape index (κ3) is 4.13. The van der Waals surface area contributed by atoms with Crippen molar-refractivity contribution < 1.29 is 9.59 Å². The van der Waals surface area contributed by atoms with Crippen molar-refractivity contribution in [3.63, 3.8) is 0 Å². The van der Waals surface area contributed by atoms with E-state index in [9.17, 15) is 9.59 Å². The van der Waals surface area contributed by atoms with E-state index in [0.717, 1.165) is 27.2 Å². The zero-order valence-electron chi connectivity index (χ0n) is 16.6. The smallest absolute Gasteiger partial charge is 0.238 e. The molecule has 3 aromatic rings. The van der Waals surface area contributed by atoms with E-state index in [2.05, 4.69) is 10.3 Å². The number of carbonyl (C=O) groups excluding carboxylic acids is 2. The first-order valence-electron chi connectivity index (χ1n) is 9.17. The summed E-state index contributed by atoms with van der Waals surface area (Å²) in [5, 5.41) is 3.86. The molecule has 0 aliphatic carbocycles. The van der Waals surface area contributed by atoms with Crippen LogP contribution in [0.1, 0.15) is 23.0 Å². The van der Waals surface area contributed by atoms with Crippen LogP contribution in [0.2, 0.25) is 0 Å². The summed E-state index contributed by atoms with van der Waals surface area (Å²) >= 11 is 1.58. The minimum atomic E-state index is -0.417. The standard InChI is InChI=1S/C22H25N3O2S/c1-14-21(16-9-5-6-10-17(16)23-14)22(27)15(2)25(3)13-20(26)24-18-11-7-8-12-19(18)28-4/h5-12,15,23H,13H2,1-4H3,(H,24,26)/t15-/m1/s1. The molecule has 0 unspecified atom stereocenters. The van der Waals surface area contributed by atoms with E-state index >= 15 is 0 Å². The number of ketones is 1. The average molecular weight is 396 g/mol. The van der Waals surface area contributed by atoms with Crippen LogP contribution in [0, 0.1) is 6.92 Å². The van der Waals surface area contributed by atoms with Gasteiger partial charge in [0.25, 0.3) is 0 Å². The molecule has 1 heterocycles. The number of likely N-dealkylation sites (N-methyl/N-ethyl adjacent to an activating group) is 1. The molecule has 0 saturated carbocycles. The molecule has 0 aliphatic rings. The first kappa shape index (κ1) is 20.2. The molecule has 6 heteroatoms. The van der Waals surface area contributed by atoms with Crippen molar-refractivity contribution in [2.75, 3.05) is 25.2 Å². The molecule has 0 aliphatic heterocycles. The molecule has 1 aromatic heterocycles. The first-order chi connectivity index (χ1) is 13.4. The van der Waals surface area contributed by atoms with Crippen LogP contribution in [0.15, 0.2) is 53.4 Å². The second-order valence-electron chi connectivity index (χ2n) is 6.87. The van der Waals surface area contributed by atoms with Crippen molar-refractivity contribution in [3.8, 4) is 0 Å². The van der Waals surface area contributed by atoms with Gasteiger partial charge in [-0.2, -0.15) is 0 Å². The molecule has 1 amide bonds. The maximum atomic E-state index is 13.1. The number of hydrogen-bond acceptors (Lipinski definition) is 4. The zero-order valence-corrected chi connectivity index (χ0v) is 17.4. The SMILES string of the molecule is CSc1ccccc1NC(=O)CN(C)[C@H](C)C(=O)c1c(C)[nH]c2ccccc12. The van der Waals surface area contributed by atoms with Crippen molar-refractivity contribution in [2.24, 2.45) is 0 Å². The Kier molecular flexibility index (Phi) is 6.21. The third-order valence-corrected chi connectivity index (χ3v) is 5.75. The number of fused-ring (bicyclic) bond motifs is 1. The number of nitrogens with one attached hydrogen (secondary N) is 2. The van der Waals surface area contributed by atoms with Crippen molar-refractivity contribution >= 4 is 40.0 Å². The van der Waals surface area contributed by atoms with Crippen LogP contribution < -0.4 is 5.32 Å². The number of anilines is 1. The number of para-hydroxylation sites is 2. The van der Waals surface area contributed by atoms with Gasteiger partial charge < -0.3 is 10.3 Å². The summed E-state index contributed by atoms with van der Waals surface area (Å²) in [7, 11) is 1.80. The largest absolute Gasteiger partial charge is 0.358 e. The zero-order chi connectivity index (χ0) is 20.3. The molecule has 146 valence electrons. The third-order valence-electron chi connectivity index (χ3n) is 4.95. The number of aryl methyl sites for hydroxylation is 1. The topological polar surface area (TPSA) is 65.2 Å². The van der Waals surface area contributed by atoms with E-state index in [1.165, 1.54) is 0 Å². The fourth-order valence-corrected chi connectivity index (χ4v) is 3.86. The number of Topliss-reactive ketones (excluding diaryl/α,β-unsaturated/α-hetero) is 1. The number of nitrogens with zero attached hydrogens (tertiary/aromatic N) is 1. The molecule has 0 spiro atoms. The number of hydrogen-bond donors (Lipinski definition) is 2. The summed E-state index contributed by atoms with van der Waals surface area (Å²) in [6, 6.07) is 15.1. The van der Waals surface area contributed by atoms with E-state index in [1.807, 2.05) is 68.6 Å². The minimum absolute atomic E-state index is 0.00904. The van der Waals surface area contributed by atoms with Gasteiger partial charge in [-0.05, 0) is 45.4 Å². The van der Waals surface area contributed by atoms with Gasteiger partial charge in [-0.15, -0.1) is 11.8 Å². The van der Waals surface area contributed by atoms with Crippen molar-refractivity contribution in [1.29, 1.82) is 0 Å². The van der Waals surface area contributed by atoms with Crippen LogP contribution in [0.4, 0.5) is 5.69 Å². The quantitative estimate of drug-likeness (QED) is 0.461. The lowest BCUT2D eigenvalue weighted by atomic mass is 10.0. The Morgan fingerprint density at radius 3 is 2.57 bits per heavy atom. The van der Waals surface area contributed by atoms with Crippen LogP contribution >= 0.6 is 11.8 Å². The number of benzene rings is 2. The summed E-state index contributed by atoms with van der Waals surface area (Å²) in [5.41, 5.74) is 3.29. The molecule has 0 bridgehead atoms. The number of aromatic nitrogens is 1. The average Bonchev–Trinajstić information content (AvgIpc) is 3.02. The molecule has 0 radical (unpaired) electrons. The van der Waals surface area contributed by atoms with Gasteiger partial charge in [0, 0.05) is 27.1 Å². The number of amides is 1. The molecule has 2 N–H and O–H groups in total. The molecule has 0 fully saturated rings. The van der Waals surface area contributed by atoms with Crippen molar-refractivity contribution in [2.45, 2.75) is 24.8 Å². The minimum Gasteiger partial charge on any atom is -0.358 e. The predicted molar refractivity (Wildman–Crippen MR) is 116 cm³/mol. The Morgan fingerprint density at radius 2 is 1.82 bits per heavy atom. The van der Waals surface area contributed by atoms with Gasteiger partial charge in [0.15, 0.2) is 5.78 Å². The van der Waals surface area contributed by atoms with Gasteiger partial charge in [-0.25, -0.2) is 0 Å². The Morgan fingerprint density at radius 1 is 1.14 bits per heavy atom. The van der Waals surface area contributed by atoms with E-state index in [-0.39, 0.29) is 18.2 Å². The maximum Gasteiger partial charge on any atom is 0.238 e. The summed E-state index contributed by atoms with van der Waals surface area (Å²) in [6.45, 7) is 3.88. The number of aromatic amines is 1. The lowest BCUT2D eigenvalue weighted by Gasteiger charge is -2.23. The lowest BCUT2D eigenvalue weighted by molar-refractivity contribution is -0.117. The predicted octanol–water partition coefficient (Wildman–Crippen LogP) is 4.34. The Balaban J connectivity index is 1.71. The highest BCUT2D eigenvalue weighted by Gasteiger charge is 2.25. The van der Waals surface area contributed by atoms with E-state index < -0.39 is 6.04 Å². The van der Waals surface area contributed by atoms with E-state index in [0.29, 0.717) is 5.56 Å². The normalized spacial score (nSPS) is 12.3. The number of H-pyrrole nitrogens is 1. The summed E-state index contributed by atoms with van der Waals surface area (Å²) in [6.07, 6.45) is 1.97. The molecule has 28 heavy (non-hydrogen) atoms. The molecule has 1 atom stereocenters. The van der Waals surface area contributed by atoms with Gasteiger partial charge in [-0.1, -0.05) is 30.3 Å². The summed E-state index contributed by atoms with van der Waals surface area (Å²) in [4.78, 5) is 31.7. The highest BCUT2D eigenvalue weighted by atomic mass is 32.2. The first-order valence-corrected chi connectivity index (χ1v) is 10.4. The van der Waals surface area contributed by atoms with Crippen LogP contribution in [0.3, 0.4) is 0 Å². The van der Waals surface area contributed by atoms with E-state index in [1.54, 1.807) is 23.7 Å². The van der Waals surface area contributed by atoms with Crippen molar-refractivity contribution in [1.82, 2.24) is 9.88 Å². The second kappa shape index (κ2) is 8.63. The van der Waals surface area contributed by atoms with Crippen molar-refractivity contribution in [3.05, 3.63) is 59.8 Å². The number of carbonyl (C=O) groups is 2. The lowest BCUT2D eigenvalue weighted by Crippen LogP contribution is -2.41. The summed E-state index contributed by atoms with van der Waals surface area (Å²) in [5.74, 6) is -0.130. The fraction of sp³-hybridized carbons (Fsp3) is 0.273. The second-order valence-corrected chi connectivity index (χ2v) is 7.72. The fourth-order valence-electron chi connectivity index (χ4n) is 3.30. The molecular weight excluding hydrogens is 370 g/mol. The molecule has 3 rings (SSSR count). The maximum absolute atomic E-state index is 13.1. The molecule has 0 saturated heterocycles. The van der Waals surface area contributed by atoms with Crippen LogP contribution in [0.5, 0.6) is 0 Å². The van der Waals surface area contributed by atoms with Crippen LogP contribution in [-0.4, -0.2) is 47.5 Å². The Hall–Kier alpha value is -2.57. The highest BCUT2D eigenvalue weighted by Crippen LogP contribution is 2.25. The Bertz CT molecular complexity index is 1010. The Labute approximate surface area is 169 Å².